The molecule has 1 fully saturated rings. The number of carbonyl (C=O) groups is 1. The van der Waals surface area contributed by atoms with Gasteiger partial charge in [-0.15, -0.1) is 0 Å². The minimum absolute atomic E-state index is 0.229. The standard InChI is InChI=1S/C13H17N3O3/c1-13(12(17)18)6-19-5-10(13)16-11-8-3-2-4-9(8)14-7-15-11/h7,10H,2-6H2,1H3,(H,17,18)(H,14,15,16). The molecule has 1 aliphatic heterocycles. The van der Waals surface area contributed by atoms with Gasteiger partial charge in [-0.2, -0.15) is 0 Å². The predicted octanol–water partition coefficient (Wildman–Crippen LogP) is 0.867. The molecule has 2 heterocycles. The molecular formula is C13H17N3O3. The number of nitrogens with one attached hydrogen (secondary N) is 1. The Balaban J connectivity index is 1.86. The summed E-state index contributed by atoms with van der Waals surface area (Å²) in [4.78, 5) is 19.9. The molecule has 0 saturated carbocycles. The van der Waals surface area contributed by atoms with Crippen molar-refractivity contribution in [3.05, 3.63) is 17.6 Å². The molecule has 6 nitrogen and oxygen atoms in total. The van der Waals surface area contributed by atoms with Gasteiger partial charge in [0.1, 0.15) is 17.6 Å². The molecule has 1 saturated heterocycles. The van der Waals surface area contributed by atoms with E-state index in [9.17, 15) is 9.90 Å². The number of aromatic nitrogens is 2. The minimum Gasteiger partial charge on any atom is -0.481 e. The molecule has 0 aromatic carbocycles. The van der Waals surface area contributed by atoms with E-state index >= 15 is 0 Å². The van der Waals surface area contributed by atoms with E-state index in [0.29, 0.717) is 6.61 Å². The van der Waals surface area contributed by atoms with E-state index in [2.05, 4.69) is 15.3 Å². The quantitative estimate of drug-likeness (QED) is 0.841. The van der Waals surface area contributed by atoms with Crippen LogP contribution in [0.15, 0.2) is 6.33 Å². The van der Waals surface area contributed by atoms with Crippen LogP contribution < -0.4 is 5.32 Å². The van der Waals surface area contributed by atoms with Crippen LogP contribution in [-0.4, -0.2) is 40.3 Å². The summed E-state index contributed by atoms with van der Waals surface area (Å²) < 4.78 is 5.34. The molecule has 2 aliphatic rings. The van der Waals surface area contributed by atoms with Crippen molar-refractivity contribution in [1.82, 2.24) is 9.97 Å². The van der Waals surface area contributed by atoms with E-state index in [4.69, 9.17) is 4.74 Å². The molecule has 0 spiro atoms. The molecule has 3 rings (SSSR count). The fourth-order valence-corrected chi connectivity index (χ4v) is 2.73. The number of carboxylic acid groups (broad SMARTS) is 1. The van der Waals surface area contributed by atoms with Gasteiger partial charge in [0.15, 0.2) is 0 Å². The Morgan fingerprint density at radius 3 is 3.16 bits per heavy atom. The highest BCUT2D eigenvalue weighted by Crippen LogP contribution is 2.33. The summed E-state index contributed by atoms with van der Waals surface area (Å²) in [5.74, 6) is -0.0707. The maximum Gasteiger partial charge on any atom is 0.313 e. The number of aliphatic carboxylic acids is 1. The van der Waals surface area contributed by atoms with Crippen molar-refractivity contribution in [2.45, 2.75) is 32.2 Å². The first kappa shape index (κ1) is 12.3. The number of hydrogen-bond donors (Lipinski definition) is 2. The Kier molecular flexibility index (Phi) is 2.89. The summed E-state index contributed by atoms with van der Waals surface area (Å²) >= 11 is 0. The van der Waals surface area contributed by atoms with Crippen LogP contribution in [0.2, 0.25) is 0 Å². The second-order valence-corrected chi connectivity index (χ2v) is 5.44. The first-order valence-corrected chi connectivity index (χ1v) is 6.51. The van der Waals surface area contributed by atoms with E-state index in [0.717, 1.165) is 36.3 Å². The van der Waals surface area contributed by atoms with Gasteiger partial charge in [0.05, 0.1) is 19.3 Å². The van der Waals surface area contributed by atoms with Gasteiger partial charge in [-0.05, 0) is 26.2 Å². The second-order valence-electron chi connectivity index (χ2n) is 5.44. The number of nitrogens with zero attached hydrogens (tertiary/aromatic N) is 2. The van der Waals surface area contributed by atoms with Crippen LogP contribution in [0.1, 0.15) is 24.6 Å². The average Bonchev–Trinajstić information content (AvgIpc) is 2.98. The van der Waals surface area contributed by atoms with Crippen LogP contribution in [0.3, 0.4) is 0 Å². The van der Waals surface area contributed by atoms with Crippen molar-refractivity contribution in [2.24, 2.45) is 5.41 Å². The second kappa shape index (κ2) is 4.45. The maximum atomic E-state index is 11.4. The van der Waals surface area contributed by atoms with Crippen molar-refractivity contribution in [3.8, 4) is 0 Å². The SMILES string of the molecule is CC1(C(=O)O)COCC1Nc1ncnc2c1CCC2. The topological polar surface area (TPSA) is 84.3 Å². The number of rotatable bonds is 3. The summed E-state index contributed by atoms with van der Waals surface area (Å²) in [5.41, 5.74) is 1.30. The lowest BCUT2D eigenvalue weighted by atomic mass is 9.85. The number of hydrogen-bond acceptors (Lipinski definition) is 5. The molecular weight excluding hydrogens is 246 g/mol. The van der Waals surface area contributed by atoms with Gasteiger partial charge in [0.25, 0.3) is 0 Å². The predicted molar refractivity (Wildman–Crippen MR) is 68.0 cm³/mol. The Bertz CT molecular complexity index is 520. The molecule has 102 valence electrons. The average molecular weight is 263 g/mol. The van der Waals surface area contributed by atoms with Crippen molar-refractivity contribution in [3.63, 3.8) is 0 Å². The minimum atomic E-state index is -0.906. The lowest BCUT2D eigenvalue weighted by molar-refractivity contribution is -0.148. The Morgan fingerprint density at radius 1 is 1.53 bits per heavy atom. The van der Waals surface area contributed by atoms with Crippen molar-refractivity contribution >= 4 is 11.8 Å². The maximum absolute atomic E-state index is 11.4. The summed E-state index contributed by atoms with van der Waals surface area (Å²) in [6.45, 7) is 2.33. The lowest BCUT2D eigenvalue weighted by Crippen LogP contribution is -2.43. The van der Waals surface area contributed by atoms with Crippen LogP contribution in [0, 0.1) is 5.41 Å². The number of aryl methyl sites for hydroxylation is 1. The van der Waals surface area contributed by atoms with Gasteiger partial charge >= 0.3 is 5.97 Å². The molecule has 2 atom stereocenters. The number of carboxylic acids is 1. The van der Waals surface area contributed by atoms with Crippen LogP contribution in [0.25, 0.3) is 0 Å². The van der Waals surface area contributed by atoms with Crippen molar-refractivity contribution in [2.75, 3.05) is 18.5 Å². The number of fused-ring (bicyclic) bond motifs is 1. The van der Waals surface area contributed by atoms with Crippen molar-refractivity contribution < 1.29 is 14.6 Å². The monoisotopic (exact) mass is 263 g/mol. The Labute approximate surface area is 111 Å². The van der Waals surface area contributed by atoms with Gasteiger partial charge in [0, 0.05) is 11.3 Å². The zero-order valence-corrected chi connectivity index (χ0v) is 10.8. The molecule has 2 N–H and O–H groups in total. The van der Waals surface area contributed by atoms with Gasteiger partial charge in [-0.1, -0.05) is 0 Å². The number of anilines is 1. The Morgan fingerprint density at radius 2 is 2.37 bits per heavy atom. The van der Waals surface area contributed by atoms with Gasteiger partial charge in [-0.25, -0.2) is 9.97 Å². The van der Waals surface area contributed by atoms with E-state index in [-0.39, 0.29) is 12.6 Å². The lowest BCUT2D eigenvalue weighted by Gasteiger charge is -2.26. The number of ether oxygens (including phenoxy) is 1. The van der Waals surface area contributed by atoms with E-state index in [1.165, 1.54) is 0 Å². The largest absolute Gasteiger partial charge is 0.481 e. The van der Waals surface area contributed by atoms with Crippen LogP contribution in [0.5, 0.6) is 0 Å². The smallest absolute Gasteiger partial charge is 0.313 e. The fourth-order valence-electron chi connectivity index (χ4n) is 2.73. The third-order valence-electron chi connectivity index (χ3n) is 4.13. The highest BCUT2D eigenvalue weighted by molar-refractivity contribution is 5.76. The molecule has 0 bridgehead atoms. The third kappa shape index (κ3) is 1.96. The molecule has 2 unspecified atom stereocenters. The highest BCUT2D eigenvalue weighted by Gasteiger charge is 2.47. The molecule has 19 heavy (non-hydrogen) atoms. The highest BCUT2D eigenvalue weighted by atomic mass is 16.5. The first-order valence-electron chi connectivity index (χ1n) is 6.51. The van der Waals surface area contributed by atoms with Crippen molar-refractivity contribution in [1.29, 1.82) is 0 Å². The normalized spacial score (nSPS) is 29.2. The van der Waals surface area contributed by atoms with Crippen LogP contribution >= 0.6 is 0 Å². The molecule has 0 amide bonds. The van der Waals surface area contributed by atoms with E-state index in [1.807, 2.05) is 0 Å². The zero-order valence-electron chi connectivity index (χ0n) is 10.8. The first-order chi connectivity index (χ1) is 9.11. The Hall–Kier alpha value is -1.69. The third-order valence-corrected chi connectivity index (χ3v) is 4.13. The zero-order chi connectivity index (χ0) is 13.5. The summed E-state index contributed by atoms with van der Waals surface area (Å²) in [6.07, 6.45) is 4.56. The molecule has 0 radical (unpaired) electrons. The van der Waals surface area contributed by atoms with Crippen LogP contribution in [-0.2, 0) is 22.4 Å². The molecule has 1 aromatic rings. The van der Waals surface area contributed by atoms with Gasteiger partial charge in [-0.3, -0.25) is 4.79 Å². The molecule has 1 aliphatic carbocycles. The molecule has 1 aromatic heterocycles. The summed E-state index contributed by atoms with van der Waals surface area (Å²) in [6, 6.07) is -0.260. The van der Waals surface area contributed by atoms with Crippen LogP contribution in [0.4, 0.5) is 5.82 Å². The van der Waals surface area contributed by atoms with E-state index < -0.39 is 11.4 Å². The summed E-state index contributed by atoms with van der Waals surface area (Å²) in [7, 11) is 0. The van der Waals surface area contributed by atoms with Gasteiger partial charge < -0.3 is 15.2 Å². The van der Waals surface area contributed by atoms with E-state index in [1.54, 1.807) is 13.3 Å². The fraction of sp³-hybridized carbons (Fsp3) is 0.615. The molecule has 6 heteroatoms. The summed E-state index contributed by atoms with van der Waals surface area (Å²) in [5, 5.41) is 12.6. The van der Waals surface area contributed by atoms with Gasteiger partial charge in [0.2, 0.25) is 0 Å².